The highest BCUT2D eigenvalue weighted by molar-refractivity contribution is 5.56. The SMILES string of the molecule is CCCCCCCCCCC(CN1CN(C)C=N1)N1CN(C)C=N1. The lowest BCUT2D eigenvalue weighted by atomic mass is 10.0. The molecule has 0 amide bonds. The van der Waals surface area contributed by atoms with Gasteiger partial charge in [0.05, 0.1) is 12.6 Å². The maximum atomic E-state index is 4.57. The summed E-state index contributed by atoms with van der Waals surface area (Å²) in [5.74, 6) is 0. The van der Waals surface area contributed by atoms with Crippen LogP contribution in [0, 0.1) is 0 Å². The van der Waals surface area contributed by atoms with Gasteiger partial charge < -0.3 is 9.80 Å². The average molecular weight is 337 g/mol. The molecule has 0 saturated carbocycles. The van der Waals surface area contributed by atoms with Gasteiger partial charge in [-0.25, -0.2) is 0 Å². The Labute approximate surface area is 148 Å². The molecule has 2 heterocycles. The van der Waals surface area contributed by atoms with E-state index in [0.29, 0.717) is 6.04 Å². The van der Waals surface area contributed by atoms with Gasteiger partial charge in [0.25, 0.3) is 0 Å². The lowest BCUT2D eigenvalue weighted by Gasteiger charge is -2.30. The minimum atomic E-state index is 0.454. The minimum Gasteiger partial charge on any atom is -0.345 e. The number of hydrogen-bond donors (Lipinski definition) is 0. The van der Waals surface area contributed by atoms with Gasteiger partial charge in [-0.1, -0.05) is 58.3 Å². The number of nitrogens with zero attached hydrogens (tertiary/aromatic N) is 6. The minimum absolute atomic E-state index is 0.454. The molecule has 6 heteroatoms. The maximum absolute atomic E-state index is 4.57. The molecule has 138 valence electrons. The molecule has 6 nitrogen and oxygen atoms in total. The summed E-state index contributed by atoms with van der Waals surface area (Å²) in [4.78, 5) is 4.26. The van der Waals surface area contributed by atoms with Gasteiger partial charge in [0.2, 0.25) is 0 Å². The Balaban J connectivity index is 1.66. The van der Waals surface area contributed by atoms with Crippen molar-refractivity contribution in [2.45, 2.75) is 70.8 Å². The lowest BCUT2D eigenvalue weighted by Crippen LogP contribution is -2.41. The Morgan fingerprint density at radius 3 is 2.04 bits per heavy atom. The van der Waals surface area contributed by atoms with E-state index < -0.39 is 0 Å². The summed E-state index contributed by atoms with van der Waals surface area (Å²) in [6.45, 7) is 5.03. The first-order valence-corrected chi connectivity index (χ1v) is 9.69. The first-order valence-electron chi connectivity index (χ1n) is 9.69. The predicted octanol–water partition coefficient (Wildman–Crippen LogP) is 3.18. The van der Waals surface area contributed by atoms with Gasteiger partial charge >= 0.3 is 0 Å². The van der Waals surface area contributed by atoms with E-state index in [1.807, 2.05) is 12.7 Å². The van der Waals surface area contributed by atoms with E-state index in [1.54, 1.807) is 0 Å². The zero-order chi connectivity index (χ0) is 17.2. The van der Waals surface area contributed by atoms with E-state index in [2.05, 4.69) is 51.0 Å². The van der Waals surface area contributed by atoms with Gasteiger partial charge in [-0.15, -0.1) is 0 Å². The van der Waals surface area contributed by atoms with Crippen LogP contribution >= 0.6 is 0 Å². The molecule has 0 aromatic heterocycles. The van der Waals surface area contributed by atoms with Crippen molar-refractivity contribution in [1.29, 1.82) is 0 Å². The van der Waals surface area contributed by atoms with Crippen LogP contribution in [0.4, 0.5) is 0 Å². The fraction of sp³-hybridized carbons (Fsp3) is 0.889. The molecule has 1 atom stereocenters. The van der Waals surface area contributed by atoms with Crippen LogP contribution in [0.25, 0.3) is 0 Å². The van der Waals surface area contributed by atoms with Crippen LogP contribution in [0.3, 0.4) is 0 Å². The molecule has 0 aromatic carbocycles. The molecule has 0 spiro atoms. The molecule has 24 heavy (non-hydrogen) atoms. The molecule has 0 bridgehead atoms. The summed E-state index contributed by atoms with van der Waals surface area (Å²) in [6.07, 6.45) is 16.0. The molecule has 0 saturated heterocycles. The summed E-state index contributed by atoms with van der Waals surface area (Å²) in [5.41, 5.74) is 0. The molecule has 2 rings (SSSR count). The van der Waals surface area contributed by atoms with Crippen molar-refractivity contribution in [2.75, 3.05) is 34.0 Å². The molecule has 0 radical (unpaired) electrons. The van der Waals surface area contributed by atoms with Crippen LogP contribution in [0.5, 0.6) is 0 Å². The monoisotopic (exact) mass is 336 g/mol. The van der Waals surface area contributed by atoms with Crippen molar-refractivity contribution in [2.24, 2.45) is 10.2 Å². The standard InChI is InChI=1S/C18H36N6/c1-4-5-6-7-8-9-10-11-12-18(24-17-22(3)15-20-24)13-23-16-21(2)14-19-23/h14-15,18H,4-13,16-17H2,1-3H3. The topological polar surface area (TPSA) is 37.7 Å². The summed E-state index contributed by atoms with van der Waals surface area (Å²) in [7, 11) is 4.15. The Hall–Kier alpha value is -1.46. The molecular formula is C18H36N6. The predicted molar refractivity (Wildman–Crippen MR) is 102 cm³/mol. The molecule has 0 aliphatic carbocycles. The Bertz CT molecular complexity index is 397. The van der Waals surface area contributed by atoms with Gasteiger partial charge in [0.1, 0.15) is 26.0 Å². The quantitative estimate of drug-likeness (QED) is 0.513. The zero-order valence-electron chi connectivity index (χ0n) is 15.9. The molecule has 0 N–H and O–H groups in total. The maximum Gasteiger partial charge on any atom is 0.112 e. The van der Waals surface area contributed by atoms with Crippen LogP contribution in [0.2, 0.25) is 0 Å². The number of hydrazone groups is 2. The van der Waals surface area contributed by atoms with E-state index in [4.69, 9.17) is 0 Å². The van der Waals surface area contributed by atoms with Crippen LogP contribution in [-0.4, -0.2) is 72.5 Å². The van der Waals surface area contributed by atoms with Crippen molar-refractivity contribution < 1.29 is 0 Å². The van der Waals surface area contributed by atoms with Crippen molar-refractivity contribution in [3.63, 3.8) is 0 Å². The van der Waals surface area contributed by atoms with Gasteiger partial charge in [-0.05, 0) is 6.42 Å². The molecule has 2 aliphatic heterocycles. The number of hydrogen-bond acceptors (Lipinski definition) is 6. The van der Waals surface area contributed by atoms with Crippen molar-refractivity contribution >= 4 is 12.7 Å². The smallest absolute Gasteiger partial charge is 0.112 e. The van der Waals surface area contributed by atoms with Gasteiger partial charge in [0, 0.05) is 14.1 Å². The summed E-state index contributed by atoms with van der Waals surface area (Å²) < 4.78 is 0. The summed E-state index contributed by atoms with van der Waals surface area (Å²) >= 11 is 0. The van der Waals surface area contributed by atoms with E-state index in [9.17, 15) is 0 Å². The lowest BCUT2D eigenvalue weighted by molar-refractivity contribution is 0.117. The third kappa shape index (κ3) is 6.57. The highest BCUT2D eigenvalue weighted by Crippen LogP contribution is 2.17. The van der Waals surface area contributed by atoms with E-state index in [0.717, 1.165) is 19.9 Å². The number of rotatable bonds is 12. The van der Waals surface area contributed by atoms with Crippen LogP contribution < -0.4 is 0 Å². The van der Waals surface area contributed by atoms with E-state index in [-0.39, 0.29) is 0 Å². The fourth-order valence-electron chi connectivity index (χ4n) is 3.35. The first-order chi connectivity index (χ1) is 11.7. The fourth-order valence-corrected chi connectivity index (χ4v) is 3.35. The molecule has 2 aliphatic rings. The van der Waals surface area contributed by atoms with Crippen LogP contribution in [0.1, 0.15) is 64.7 Å². The largest absolute Gasteiger partial charge is 0.345 e. The highest BCUT2D eigenvalue weighted by Gasteiger charge is 2.24. The second-order valence-electron chi connectivity index (χ2n) is 7.30. The van der Waals surface area contributed by atoms with Gasteiger partial charge in [0.15, 0.2) is 0 Å². The third-order valence-electron chi connectivity index (χ3n) is 4.80. The Morgan fingerprint density at radius 2 is 1.46 bits per heavy atom. The van der Waals surface area contributed by atoms with Crippen LogP contribution in [-0.2, 0) is 0 Å². The highest BCUT2D eigenvalue weighted by atomic mass is 15.6. The van der Waals surface area contributed by atoms with Crippen LogP contribution in [0.15, 0.2) is 10.2 Å². The summed E-state index contributed by atoms with van der Waals surface area (Å²) in [5, 5.41) is 13.4. The molecule has 0 fully saturated rings. The van der Waals surface area contributed by atoms with Crippen molar-refractivity contribution in [3.05, 3.63) is 0 Å². The Kier molecular flexibility index (Phi) is 8.19. The average Bonchev–Trinajstić information content (AvgIpc) is 3.17. The van der Waals surface area contributed by atoms with E-state index in [1.165, 1.54) is 57.8 Å². The Morgan fingerprint density at radius 1 is 0.833 bits per heavy atom. The van der Waals surface area contributed by atoms with Crippen molar-refractivity contribution in [3.8, 4) is 0 Å². The van der Waals surface area contributed by atoms with Gasteiger partial charge in [-0.3, -0.25) is 10.0 Å². The first kappa shape index (κ1) is 18.9. The number of unbranched alkanes of at least 4 members (excludes halogenated alkanes) is 7. The van der Waals surface area contributed by atoms with Crippen molar-refractivity contribution in [1.82, 2.24) is 19.8 Å². The second kappa shape index (κ2) is 10.4. The summed E-state index contributed by atoms with van der Waals surface area (Å²) in [6, 6.07) is 0.454. The molecule has 1 unspecified atom stereocenters. The molecular weight excluding hydrogens is 300 g/mol. The van der Waals surface area contributed by atoms with Gasteiger partial charge in [-0.2, -0.15) is 10.2 Å². The zero-order valence-corrected chi connectivity index (χ0v) is 15.9. The van der Waals surface area contributed by atoms with E-state index >= 15 is 0 Å². The third-order valence-corrected chi connectivity index (χ3v) is 4.80. The normalized spacial score (nSPS) is 18.3. The second-order valence-corrected chi connectivity index (χ2v) is 7.30. The molecule has 0 aromatic rings.